The largest absolute Gasteiger partial charge is 0.497 e. The van der Waals surface area contributed by atoms with Crippen LogP contribution in [0.5, 0.6) is 5.75 Å². The summed E-state index contributed by atoms with van der Waals surface area (Å²) in [6.07, 6.45) is 2.09. The van der Waals surface area contributed by atoms with Gasteiger partial charge in [0.15, 0.2) is 0 Å². The van der Waals surface area contributed by atoms with E-state index in [0.29, 0.717) is 35.1 Å². The number of amides is 2. The smallest absolute Gasteiger partial charge is 0.319 e. The van der Waals surface area contributed by atoms with Crippen LogP contribution in [0.1, 0.15) is 31.5 Å². The summed E-state index contributed by atoms with van der Waals surface area (Å²) in [6.45, 7) is 6.11. The first kappa shape index (κ1) is 29.2. The van der Waals surface area contributed by atoms with Crippen molar-refractivity contribution in [2.24, 2.45) is 5.41 Å². The molecule has 212 valence electrons. The van der Waals surface area contributed by atoms with Crippen LogP contribution in [0.4, 0.5) is 25.1 Å². The molecule has 0 aliphatic carbocycles. The predicted molar refractivity (Wildman–Crippen MR) is 156 cm³/mol. The van der Waals surface area contributed by atoms with E-state index in [1.807, 2.05) is 42.3 Å². The summed E-state index contributed by atoms with van der Waals surface area (Å²) in [4.78, 5) is 23.6. The van der Waals surface area contributed by atoms with E-state index in [0.717, 1.165) is 23.2 Å². The molecule has 0 aliphatic heterocycles. The normalized spacial score (nSPS) is 11.2. The molecule has 4 rings (SSSR count). The molecule has 0 saturated carbocycles. The van der Waals surface area contributed by atoms with Gasteiger partial charge in [0.25, 0.3) is 0 Å². The van der Waals surface area contributed by atoms with E-state index in [9.17, 15) is 13.6 Å². The molecule has 0 saturated heterocycles. The van der Waals surface area contributed by atoms with E-state index in [1.54, 1.807) is 40.1 Å². The van der Waals surface area contributed by atoms with Crippen LogP contribution in [0.3, 0.4) is 0 Å². The van der Waals surface area contributed by atoms with Gasteiger partial charge in [-0.2, -0.15) is 5.26 Å². The Kier molecular flexibility index (Phi) is 8.67. The minimum Gasteiger partial charge on any atom is -0.497 e. The van der Waals surface area contributed by atoms with Crippen molar-refractivity contribution in [3.8, 4) is 22.9 Å². The van der Waals surface area contributed by atoms with Gasteiger partial charge in [0, 0.05) is 60.7 Å². The van der Waals surface area contributed by atoms with E-state index in [2.05, 4.69) is 26.7 Å². The van der Waals surface area contributed by atoms with Gasteiger partial charge in [0.1, 0.15) is 23.2 Å². The number of carbonyl (C=O) groups excluding carboxylic acids is 1. The number of anilines is 2. The van der Waals surface area contributed by atoms with Gasteiger partial charge in [-0.25, -0.2) is 18.6 Å². The topological polar surface area (TPSA) is 103 Å². The lowest BCUT2D eigenvalue weighted by Gasteiger charge is -2.19. The SMILES string of the molecule is COc1ccc(CN(C)c2cc3nc(C)c(-c4cc(NC(=O)NCCC(C)(C)C#N)c(F)cc4F)cc3cn2)cc1. The fraction of sp³-hybridized carbons (Fsp3) is 0.290. The van der Waals surface area contributed by atoms with Crippen LogP contribution >= 0.6 is 0 Å². The van der Waals surface area contributed by atoms with E-state index < -0.39 is 23.1 Å². The third-order valence-electron chi connectivity index (χ3n) is 6.78. The Morgan fingerprint density at radius 3 is 2.51 bits per heavy atom. The highest BCUT2D eigenvalue weighted by atomic mass is 19.1. The van der Waals surface area contributed by atoms with Gasteiger partial charge >= 0.3 is 6.03 Å². The molecule has 2 aromatic carbocycles. The third-order valence-corrected chi connectivity index (χ3v) is 6.78. The monoisotopic (exact) mass is 558 g/mol. The first-order chi connectivity index (χ1) is 19.5. The second-order valence-electron chi connectivity index (χ2n) is 10.5. The minimum absolute atomic E-state index is 0.0971. The summed E-state index contributed by atoms with van der Waals surface area (Å²) < 4.78 is 34.8. The van der Waals surface area contributed by atoms with Gasteiger partial charge in [-0.05, 0) is 57.0 Å². The maximum Gasteiger partial charge on any atom is 0.319 e. The zero-order chi connectivity index (χ0) is 29.7. The van der Waals surface area contributed by atoms with E-state index in [1.165, 1.54) is 6.07 Å². The zero-order valence-corrected chi connectivity index (χ0v) is 23.7. The number of nitriles is 1. The lowest BCUT2D eigenvalue weighted by molar-refractivity contribution is 0.250. The van der Waals surface area contributed by atoms with E-state index in [4.69, 9.17) is 10.00 Å². The second-order valence-corrected chi connectivity index (χ2v) is 10.5. The van der Waals surface area contributed by atoms with Crippen LogP contribution in [0.25, 0.3) is 22.0 Å². The number of benzene rings is 2. The Morgan fingerprint density at radius 1 is 1.10 bits per heavy atom. The Morgan fingerprint density at radius 2 is 1.83 bits per heavy atom. The molecule has 2 amide bonds. The molecule has 0 bridgehead atoms. The molecule has 0 atom stereocenters. The molecule has 10 heteroatoms. The quantitative estimate of drug-likeness (QED) is 0.240. The fourth-order valence-corrected chi connectivity index (χ4v) is 4.28. The van der Waals surface area contributed by atoms with Crippen LogP contribution in [0.15, 0.2) is 54.7 Å². The molecule has 0 unspecified atom stereocenters. The van der Waals surface area contributed by atoms with Gasteiger partial charge < -0.3 is 20.3 Å². The minimum atomic E-state index is -0.906. The number of aromatic nitrogens is 2. The average Bonchev–Trinajstić information content (AvgIpc) is 2.94. The Labute approximate surface area is 238 Å². The summed E-state index contributed by atoms with van der Waals surface area (Å²) in [7, 11) is 3.56. The predicted octanol–water partition coefficient (Wildman–Crippen LogP) is 6.59. The number of nitrogens with zero attached hydrogens (tertiary/aromatic N) is 4. The van der Waals surface area contributed by atoms with Crippen LogP contribution < -0.4 is 20.3 Å². The van der Waals surface area contributed by atoms with E-state index >= 15 is 0 Å². The maximum absolute atomic E-state index is 15.0. The lowest BCUT2D eigenvalue weighted by atomic mass is 9.92. The number of pyridine rings is 2. The Balaban J connectivity index is 1.55. The molecule has 0 radical (unpaired) electrons. The summed E-state index contributed by atoms with van der Waals surface area (Å²) in [6, 6.07) is 14.9. The van der Waals surface area contributed by atoms with Crippen molar-refractivity contribution in [1.82, 2.24) is 15.3 Å². The number of hydrogen-bond acceptors (Lipinski definition) is 6. The second kappa shape index (κ2) is 12.2. The molecule has 0 fully saturated rings. The van der Waals surface area contributed by atoms with Gasteiger partial charge in [-0.1, -0.05) is 12.1 Å². The number of urea groups is 1. The van der Waals surface area contributed by atoms with Crippen molar-refractivity contribution in [2.75, 3.05) is 30.9 Å². The number of methoxy groups -OCH3 is 1. The summed E-state index contributed by atoms with van der Waals surface area (Å²) >= 11 is 0. The number of nitrogens with one attached hydrogen (secondary N) is 2. The fourth-order valence-electron chi connectivity index (χ4n) is 4.28. The first-order valence-corrected chi connectivity index (χ1v) is 13.1. The van der Waals surface area contributed by atoms with Crippen LogP contribution in [0, 0.1) is 35.3 Å². The van der Waals surface area contributed by atoms with Crippen LogP contribution in [-0.4, -0.2) is 36.7 Å². The van der Waals surface area contributed by atoms with Crippen molar-refractivity contribution < 1.29 is 18.3 Å². The zero-order valence-electron chi connectivity index (χ0n) is 23.7. The average molecular weight is 559 g/mol. The number of hydrogen-bond donors (Lipinski definition) is 2. The highest BCUT2D eigenvalue weighted by molar-refractivity contribution is 5.91. The van der Waals surface area contributed by atoms with Crippen molar-refractivity contribution >= 4 is 28.4 Å². The van der Waals surface area contributed by atoms with Gasteiger partial charge in [0.05, 0.1) is 29.8 Å². The van der Waals surface area contributed by atoms with E-state index in [-0.39, 0.29) is 17.8 Å². The molecule has 41 heavy (non-hydrogen) atoms. The standard InChI is InChI=1S/C31H32F2N6O2/c1-19-23(24-13-28(26(33)14-25(24)32)38-30(40)35-11-10-31(2,3)18-34)12-21-16-36-29(15-27(21)37-19)39(4)17-20-6-8-22(41-5)9-7-20/h6-9,12-16H,10-11,17H2,1-5H3,(H2,35,38,40). The van der Waals surface area contributed by atoms with Crippen LogP contribution in [0.2, 0.25) is 0 Å². The Hall–Kier alpha value is -4.78. The molecule has 0 spiro atoms. The highest BCUT2D eigenvalue weighted by Crippen LogP contribution is 2.32. The number of ether oxygens (including phenoxy) is 1. The lowest BCUT2D eigenvalue weighted by Crippen LogP contribution is -2.32. The van der Waals surface area contributed by atoms with Crippen LogP contribution in [-0.2, 0) is 6.54 Å². The third kappa shape index (κ3) is 7.06. The molecule has 2 aromatic heterocycles. The molecule has 8 nitrogen and oxygen atoms in total. The summed E-state index contributed by atoms with van der Waals surface area (Å²) in [5.41, 5.74) is 2.07. The highest BCUT2D eigenvalue weighted by Gasteiger charge is 2.19. The van der Waals surface area contributed by atoms with Crippen molar-refractivity contribution in [3.05, 3.63) is 77.6 Å². The van der Waals surface area contributed by atoms with Gasteiger partial charge in [-0.15, -0.1) is 0 Å². The summed E-state index contributed by atoms with van der Waals surface area (Å²) in [5, 5.41) is 14.8. The van der Waals surface area contributed by atoms with Gasteiger partial charge in [-0.3, -0.25) is 4.98 Å². The maximum atomic E-state index is 15.0. The molecule has 2 N–H and O–H groups in total. The number of rotatable bonds is 9. The number of carbonyl (C=O) groups is 1. The number of aryl methyl sites for hydroxylation is 1. The van der Waals surface area contributed by atoms with Crippen molar-refractivity contribution in [1.29, 1.82) is 5.26 Å². The number of halogens is 2. The van der Waals surface area contributed by atoms with Crippen molar-refractivity contribution in [3.63, 3.8) is 0 Å². The molecular weight excluding hydrogens is 526 g/mol. The molecule has 0 aliphatic rings. The van der Waals surface area contributed by atoms with Gasteiger partial charge in [0.2, 0.25) is 0 Å². The molecule has 2 heterocycles. The molecular formula is C31H32F2N6O2. The summed E-state index contributed by atoms with van der Waals surface area (Å²) in [5.74, 6) is -0.180. The molecule has 4 aromatic rings. The Bertz CT molecular complexity index is 1620. The number of fused-ring (bicyclic) bond motifs is 1. The first-order valence-electron chi connectivity index (χ1n) is 13.1. The van der Waals surface area contributed by atoms with Crippen molar-refractivity contribution in [2.45, 2.75) is 33.7 Å².